The molecule has 0 saturated carbocycles. The number of rotatable bonds is 5. The number of aromatic nitrogens is 2. The quantitative estimate of drug-likeness (QED) is 0.673. The van der Waals surface area contributed by atoms with Gasteiger partial charge in [0, 0.05) is 23.1 Å². The zero-order valence-corrected chi connectivity index (χ0v) is 16.4. The minimum Gasteiger partial charge on any atom is -0.325 e. The van der Waals surface area contributed by atoms with Crippen molar-refractivity contribution in [2.45, 2.75) is 26.9 Å². The second-order valence-electron chi connectivity index (χ2n) is 6.64. The highest BCUT2D eigenvalue weighted by Gasteiger charge is 2.10. The van der Waals surface area contributed by atoms with Crippen LogP contribution in [0.4, 0.5) is 5.69 Å². The standard InChI is InChI=1S/C21H20ClN3O3/c1-14-3-8-18(11-15(14)2)23-19(26)13-25-10-9-24(20(27)21(25)28)12-16-4-6-17(22)7-5-16/h3-11H,12-13H2,1-2H3,(H,23,26). The van der Waals surface area contributed by atoms with E-state index in [0.717, 1.165) is 21.3 Å². The van der Waals surface area contributed by atoms with Gasteiger partial charge in [-0.2, -0.15) is 0 Å². The van der Waals surface area contributed by atoms with Gasteiger partial charge in [0.2, 0.25) is 5.91 Å². The molecule has 0 spiro atoms. The highest BCUT2D eigenvalue weighted by Crippen LogP contribution is 2.14. The summed E-state index contributed by atoms with van der Waals surface area (Å²) in [5.74, 6) is -0.375. The first kappa shape index (κ1) is 19.6. The molecule has 3 rings (SSSR count). The maximum absolute atomic E-state index is 12.4. The molecular weight excluding hydrogens is 378 g/mol. The van der Waals surface area contributed by atoms with Gasteiger partial charge in [0.05, 0.1) is 6.54 Å². The third-order valence-corrected chi connectivity index (χ3v) is 4.75. The van der Waals surface area contributed by atoms with Crippen LogP contribution in [0.5, 0.6) is 0 Å². The Bertz CT molecular complexity index is 1130. The first-order chi connectivity index (χ1) is 13.3. The zero-order chi connectivity index (χ0) is 20.3. The number of aryl methyl sites for hydroxylation is 2. The van der Waals surface area contributed by atoms with Crippen LogP contribution in [0.15, 0.2) is 64.4 Å². The van der Waals surface area contributed by atoms with Crippen molar-refractivity contribution >= 4 is 23.2 Å². The number of hydrogen-bond acceptors (Lipinski definition) is 3. The number of hydrogen-bond donors (Lipinski definition) is 1. The van der Waals surface area contributed by atoms with Gasteiger partial charge in [0.1, 0.15) is 6.54 Å². The van der Waals surface area contributed by atoms with E-state index >= 15 is 0 Å². The molecule has 144 valence electrons. The Labute approximate surface area is 167 Å². The maximum Gasteiger partial charge on any atom is 0.316 e. The van der Waals surface area contributed by atoms with Gasteiger partial charge in [0.25, 0.3) is 0 Å². The summed E-state index contributed by atoms with van der Waals surface area (Å²) in [7, 11) is 0. The first-order valence-electron chi connectivity index (χ1n) is 8.75. The van der Waals surface area contributed by atoms with Crippen molar-refractivity contribution in [3.8, 4) is 0 Å². The molecule has 3 aromatic rings. The Hall–Kier alpha value is -3.12. The van der Waals surface area contributed by atoms with E-state index in [9.17, 15) is 14.4 Å². The van der Waals surface area contributed by atoms with Crippen molar-refractivity contribution in [2.75, 3.05) is 5.32 Å². The van der Waals surface area contributed by atoms with Crippen LogP contribution in [0.1, 0.15) is 16.7 Å². The monoisotopic (exact) mass is 397 g/mol. The van der Waals surface area contributed by atoms with Crippen molar-refractivity contribution < 1.29 is 4.79 Å². The number of benzene rings is 2. The molecule has 1 heterocycles. The third-order valence-electron chi connectivity index (χ3n) is 4.50. The average Bonchev–Trinajstić information content (AvgIpc) is 2.66. The lowest BCUT2D eigenvalue weighted by atomic mass is 10.1. The van der Waals surface area contributed by atoms with Crippen molar-refractivity contribution in [3.05, 3.63) is 97.3 Å². The Kier molecular flexibility index (Phi) is 5.80. The van der Waals surface area contributed by atoms with E-state index in [4.69, 9.17) is 11.6 Å². The molecule has 0 radical (unpaired) electrons. The lowest BCUT2D eigenvalue weighted by Gasteiger charge is -2.10. The van der Waals surface area contributed by atoms with Crippen LogP contribution < -0.4 is 16.4 Å². The summed E-state index contributed by atoms with van der Waals surface area (Å²) < 4.78 is 2.42. The van der Waals surface area contributed by atoms with E-state index in [0.29, 0.717) is 10.7 Å². The summed E-state index contributed by atoms with van der Waals surface area (Å²) in [4.78, 5) is 37.0. The van der Waals surface area contributed by atoms with Gasteiger partial charge in [-0.25, -0.2) is 0 Å². The molecule has 6 nitrogen and oxygen atoms in total. The van der Waals surface area contributed by atoms with Crippen molar-refractivity contribution in [3.63, 3.8) is 0 Å². The second-order valence-corrected chi connectivity index (χ2v) is 7.07. The summed E-state index contributed by atoms with van der Waals surface area (Å²) in [5.41, 5.74) is 2.25. The number of carbonyl (C=O) groups is 1. The predicted octanol–water partition coefficient (Wildman–Crippen LogP) is 2.97. The SMILES string of the molecule is Cc1ccc(NC(=O)Cn2ccn(Cc3ccc(Cl)cc3)c(=O)c2=O)cc1C. The molecule has 0 aliphatic carbocycles. The Morgan fingerprint density at radius 1 is 0.929 bits per heavy atom. The van der Waals surface area contributed by atoms with E-state index in [1.54, 1.807) is 30.3 Å². The Balaban J connectivity index is 1.74. The summed E-state index contributed by atoms with van der Waals surface area (Å²) in [6, 6.07) is 12.6. The fraction of sp³-hybridized carbons (Fsp3) is 0.190. The molecule has 0 unspecified atom stereocenters. The van der Waals surface area contributed by atoms with E-state index in [1.165, 1.54) is 17.0 Å². The third kappa shape index (κ3) is 4.58. The lowest BCUT2D eigenvalue weighted by Crippen LogP contribution is -2.42. The maximum atomic E-state index is 12.4. The number of halogens is 1. The molecule has 0 aliphatic heterocycles. The van der Waals surface area contributed by atoms with Gasteiger partial charge in [-0.1, -0.05) is 29.8 Å². The minimum atomic E-state index is -0.744. The van der Waals surface area contributed by atoms with E-state index in [-0.39, 0.29) is 19.0 Å². The summed E-state index contributed by atoms with van der Waals surface area (Å²) >= 11 is 5.85. The van der Waals surface area contributed by atoms with Gasteiger partial charge < -0.3 is 9.88 Å². The molecule has 1 N–H and O–H groups in total. The number of carbonyl (C=O) groups excluding carboxylic acids is 1. The van der Waals surface area contributed by atoms with Crippen LogP contribution in [0.25, 0.3) is 0 Å². The smallest absolute Gasteiger partial charge is 0.316 e. The van der Waals surface area contributed by atoms with Crippen molar-refractivity contribution in [2.24, 2.45) is 0 Å². The van der Waals surface area contributed by atoms with Crippen LogP contribution in [-0.4, -0.2) is 15.0 Å². The number of anilines is 1. The Morgan fingerprint density at radius 3 is 2.25 bits per heavy atom. The van der Waals surface area contributed by atoms with Crippen LogP contribution in [0.3, 0.4) is 0 Å². The number of nitrogens with zero attached hydrogens (tertiary/aromatic N) is 2. The molecule has 1 aromatic heterocycles. The normalized spacial score (nSPS) is 10.7. The van der Waals surface area contributed by atoms with Gasteiger partial charge in [-0.05, 0) is 54.8 Å². The van der Waals surface area contributed by atoms with Gasteiger partial charge in [-0.15, -0.1) is 0 Å². The van der Waals surface area contributed by atoms with Crippen LogP contribution in [-0.2, 0) is 17.9 Å². The van der Waals surface area contributed by atoms with Gasteiger partial charge in [0.15, 0.2) is 0 Å². The van der Waals surface area contributed by atoms with Crippen LogP contribution >= 0.6 is 11.6 Å². The Morgan fingerprint density at radius 2 is 1.57 bits per heavy atom. The molecule has 2 aromatic carbocycles. The summed E-state index contributed by atoms with van der Waals surface area (Å²) in [6.07, 6.45) is 2.95. The van der Waals surface area contributed by atoms with Crippen molar-refractivity contribution in [1.29, 1.82) is 0 Å². The van der Waals surface area contributed by atoms with E-state index in [1.807, 2.05) is 26.0 Å². The van der Waals surface area contributed by atoms with E-state index < -0.39 is 11.1 Å². The highest BCUT2D eigenvalue weighted by molar-refractivity contribution is 6.30. The topological polar surface area (TPSA) is 73.1 Å². The van der Waals surface area contributed by atoms with Crippen LogP contribution in [0, 0.1) is 13.8 Å². The average molecular weight is 398 g/mol. The molecule has 0 fully saturated rings. The largest absolute Gasteiger partial charge is 0.325 e. The second kappa shape index (κ2) is 8.27. The molecule has 1 amide bonds. The molecular formula is C21H20ClN3O3. The summed E-state index contributed by atoms with van der Waals surface area (Å²) in [5, 5.41) is 3.34. The molecule has 0 aliphatic rings. The molecule has 0 atom stereocenters. The zero-order valence-electron chi connectivity index (χ0n) is 15.6. The molecule has 28 heavy (non-hydrogen) atoms. The van der Waals surface area contributed by atoms with E-state index in [2.05, 4.69) is 5.32 Å². The minimum absolute atomic E-state index is 0.233. The fourth-order valence-electron chi connectivity index (χ4n) is 2.75. The molecule has 7 heteroatoms. The van der Waals surface area contributed by atoms with Gasteiger partial charge >= 0.3 is 11.1 Å². The fourth-order valence-corrected chi connectivity index (χ4v) is 2.88. The summed E-state index contributed by atoms with van der Waals surface area (Å²) in [6.45, 7) is 3.96. The predicted molar refractivity (Wildman–Crippen MR) is 110 cm³/mol. The number of nitrogens with one attached hydrogen (secondary N) is 1. The van der Waals surface area contributed by atoms with Crippen molar-refractivity contribution in [1.82, 2.24) is 9.13 Å². The molecule has 0 saturated heterocycles. The number of amides is 1. The lowest BCUT2D eigenvalue weighted by molar-refractivity contribution is -0.116. The van der Waals surface area contributed by atoms with Gasteiger partial charge in [-0.3, -0.25) is 19.0 Å². The molecule has 0 bridgehead atoms. The first-order valence-corrected chi connectivity index (χ1v) is 9.13. The van der Waals surface area contributed by atoms with Crippen LogP contribution in [0.2, 0.25) is 5.02 Å². The highest BCUT2D eigenvalue weighted by atomic mass is 35.5.